The minimum Gasteiger partial charge on any atom is -0.389 e. The summed E-state index contributed by atoms with van der Waals surface area (Å²) < 4.78 is 5.58. The van der Waals surface area contributed by atoms with Crippen molar-refractivity contribution in [3.63, 3.8) is 0 Å². The lowest BCUT2D eigenvalue weighted by Gasteiger charge is -2.25. The number of thioether (sulfide) groups is 1. The van der Waals surface area contributed by atoms with Crippen LogP contribution in [-0.4, -0.2) is 30.0 Å². The molecular weight excluding hydrogens is 300 g/mol. The van der Waals surface area contributed by atoms with Crippen LogP contribution in [0.25, 0.3) is 0 Å². The van der Waals surface area contributed by atoms with Crippen molar-refractivity contribution >= 4 is 34.7 Å². The zero-order valence-corrected chi connectivity index (χ0v) is 14.9. The van der Waals surface area contributed by atoms with E-state index < -0.39 is 0 Å². The van der Waals surface area contributed by atoms with Crippen LogP contribution in [0.5, 0.6) is 0 Å². The quantitative estimate of drug-likeness (QED) is 0.532. The van der Waals surface area contributed by atoms with Crippen molar-refractivity contribution in [1.29, 1.82) is 0 Å². The highest BCUT2D eigenvalue weighted by molar-refractivity contribution is 7.99. The molecule has 1 atom stereocenters. The Hall–Kier alpha value is -0.780. The molecular formula is C16H26N2OS2. The molecule has 0 fully saturated rings. The summed E-state index contributed by atoms with van der Waals surface area (Å²) in [4.78, 5) is 1.57. The van der Waals surface area contributed by atoms with Gasteiger partial charge in [-0.15, -0.1) is 11.8 Å². The molecule has 5 heteroatoms. The van der Waals surface area contributed by atoms with Gasteiger partial charge in [-0.25, -0.2) is 0 Å². The predicted molar refractivity (Wildman–Crippen MR) is 97.5 cm³/mol. The van der Waals surface area contributed by atoms with Gasteiger partial charge in [0, 0.05) is 22.8 Å². The first-order chi connectivity index (χ1) is 10.0. The zero-order chi connectivity index (χ0) is 15.8. The van der Waals surface area contributed by atoms with Crippen LogP contribution in [0.4, 0.5) is 5.69 Å². The predicted octanol–water partition coefficient (Wildman–Crippen LogP) is 3.91. The first-order valence-electron chi connectivity index (χ1n) is 7.41. The molecule has 0 saturated carbocycles. The first-order valence-corrected chi connectivity index (χ1v) is 8.80. The summed E-state index contributed by atoms with van der Waals surface area (Å²) in [6.45, 7) is 9.90. The Morgan fingerprint density at radius 3 is 2.62 bits per heavy atom. The standard InChI is InChI=1S/C16H26N2OS2/c1-5-19-10-13(11(3)4)18-12-8-7-9-14(21-6-2)15(12)16(17)20/h7-9,11,13,18H,5-6,10H2,1-4H3,(H2,17,20). The fourth-order valence-corrected chi connectivity index (χ4v) is 3.16. The summed E-state index contributed by atoms with van der Waals surface area (Å²) in [6, 6.07) is 6.39. The second-order valence-electron chi connectivity index (χ2n) is 5.13. The summed E-state index contributed by atoms with van der Waals surface area (Å²) >= 11 is 7.01. The Bertz CT molecular complexity index is 464. The summed E-state index contributed by atoms with van der Waals surface area (Å²) in [5.74, 6) is 1.45. The van der Waals surface area contributed by atoms with Gasteiger partial charge in [-0.05, 0) is 30.7 Å². The largest absolute Gasteiger partial charge is 0.389 e. The van der Waals surface area contributed by atoms with Gasteiger partial charge in [0.2, 0.25) is 0 Å². The molecule has 1 aromatic rings. The van der Waals surface area contributed by atoms with Crippen molar-refractivity contribution in [2.24, 2.45) is 11.7 Å². The maximum atomic E-state index is 5.94. The van der Waals surface area contributed by atoms with E-state index in [2.05, 4.69) is 32.2 Å². The van der Waals surface area contributed by atoms with E-state index in [-0.39, 0.29) is 6.04 Å². The van der Waals surface area contributed by atoms with Crippen LogP contribution in [0.3, 0.4) is 0 Å². The number of hydrogen-bond donors (Lipinski definition) is 2. The number of benzene rings is 1. The zero-order valence-electron chi connectivity index (χ0n) is 13.3. The molecule has 0 aliphatic rings. The molecule has 0 bridgehead atoms. The van der Waals surface area contributed by atoms with Crippen molar-refractivity contribution in [3.8, 4) is 0 Å². The molecule has 21 heavy (non-hydrogen) atoms. The Kier molecular flexibility index (Phi) is 8.07. The number of rotatable bonds is 9. The summed E-state index contributed by atoms with van der Waals surface area (Å²) in [7, 11) is 0. The molecule has 3 N–H and O–H groups in total. The molecule has 0 amide bonds. The molecule has 0 spiro atoms. The Morgan fingerprint density at radius 2 is 2.10 bits per heavy atom. The van der Waals surface area contributed by atoms with E-state index in [0.717, 1.165) is 28.5 Å². The lowest BCUT2D eigenvalue weighted by Crippen LogP contribution is -2.32. The number of ether oxygens (including phenoxy) is 1. The number of nitrogens with one attached hydrogen (secondary N) is 1. The Balaban J connectivity index is 3.04. The van der Waals surface area contributed by atoms with Gasteiger partial charge in [0.15, 0.2) is 0 Å². The molecule has 0 heterocycles. The monoisotopic (exact) mass is 326 g/mol. The van der Waals surface area contributed by atoms with Gasteiger partial charge in [-0.2, -0.15) is 0 Å². The molecule has 1 unspecified atom stereocenters. The van der Waals surface area contributed by atoms with E-state index in [1.165, 1.54) is 0 Å². The highest BCUT2D eigenvalue weighted by atomic mass is 32.2. The second kappa shape index (κ2) is 9.28. The maximum Gasteiger partial charge on any atom is 0.107 e. The third-order valence-corrected chi connectivity index (χ3v) is 4.36. The van der Waals surface area contributed by atoms with Crippen molar-refractivity contribution in [2.75, 3.05) is 24.3 Å². The van der Waals surface area contributed by atoms with Crippen LogP contribution in [0, 0.1) is 5.92 Å². The van der Waals surface area contributed by atoms with Gasteiger partial charge in [-0.3, -0.25) is 0 Å². The third-order valence-electron chi connectivity index (χ3n) is 3.22. The lowest BCUT2D eigenvalue weighted by molar-refractivity contribution is 0.127. The van der Waals surface area contributed by atoms with E-state index in [1.54, 1.807) is 11.8 Å². The number of hydrogen-bond acceptors (Lipinski definition) is 4. The molecule has 0 aliphatic carbocycles. The normalized spacial score (nSPS) is 12.4. The maximum absolute atomic E-state index is 5.94. The molecule has 1 aromatic carbocycles. The van der Waals surface area contributed by atoms with E-state index in [0.29, 0.717) is 17.5 Å². The van der Waals surface area contributed by atoms with Crippen LogP contribution in [-0.2, 0) is 4.74 Å². The van der Waals surface area contributed by atoms with Crippen LogP contribution in [0.1, 0.15) is 33.3 Å². The summed E-state index contributed by atoms with van der Waals surface area (Å²) in [5, 5.41) is 3.56. The van der Waals surface area contributed by atoms with Gasteiger partial charge >= 0.3 is 0 Å². The third kappa shape index (κ3) is 5.49. The molecule has 118 valence electrons. The van der Waals surface area contributed by atoms with E-state index in [4.69, 9.17) is 22.7 Å². The van der Waals surface area contributed by atoms with Crippen molar-refractivity contribution in [1.82, 2.24) is 0 Å². The highest BCUT2D eigenvalue weighted by Gasteiger charge is 2.17. The second-order valence-corrected chi connectivity index (χ2v) is 6.88. The van der Waals surface area contributed by atoms with E-state index >= 15 is 0 Å². The van der Waals surface area contributed by atoms with E-state index in [9.17, 15) is 0 Å². The highest BCUT2D eigenvalue weighted by Crippen LogP contribution is 2.29. The average Bonchev–Trinajstić information content (AvgIpc) is 2.43. The van der Waals surface area contributed by atoms with Crippen LogP contribution in [0.2, 0.25) is 0 Å². The van der Waals surface area contributed by atoms with Crippen molar-refractivity contribution < 1.29 is 4.74 Å². The van der Waals surface area contributed by atoms with Gasteiger partial charge in [0.1, 0.15) is 4.99 Å². The van der Waals surface area contributed by atoms with Gasteiger partial charge in [0.25, 0.3) is 0 Å². The Morgan fingerprint density at radius 1 is 1.38 bits per heavy atom. The lowest BCUT2D eigenvalue weighted by atomic mass is 10.0. The Labute approximate surface area is 138 Å². The summed E-state index contributed by atoms with van der Waals surface area (Å²) in [6.07, 6.45) is 0. The topological polar surface area (TPSA) is 47.3 Å². The molecule has 0 aliphatic heterocycles. The molecule has 1 rings (SSSR count). The van der Waals surface area contributed by atoms with Crippen LogP contribution < -0.4 is 11.1 Å². The minimum absolute atomic E-state index is 0.236. The van der Waals surface area contributed by atoms with Gasteiger partial charge < -0.3 is 15.8 Å². The fraction of sp³-hybridized carbons (Fsp3) is 0.562. The fourth-order valence-electron chi connectivity index (χ4n) is 2.03. The molecule has 0 aromatic heterocycles. The number of thiocarbonyl (C=S) groups is 1. The van der Waals surface area contributed by atoms with Gasteiger partial charge in [0.05, 0.1) is 12.6 Å². The SMILES string of the molecule is CCOCC(Nc1cccc(SCC)c1C(N)=S)C(C)C. The number of anilines is 1. The summed E-state index contributed by atoms with van der Waals surface area (Å²) in [5.41, 5.74) is 7.89. The average molecular weight is 327 g/mol. The molecule has 0 saturated heterocycles. The molecule has 0 radical (unpaired) electrons. The van der Waals surface area contributed by atoms with Gasteiger partial charge in [-0.1, -0.05) is 39.1 Å². The first kappa shape index (κ1) is 18.3. The molecule has 3 nitrogen and oxygen atoms in total. The van der Waals surface area contributed by atoms with Crippen molar-refractivity contribution in [3.05, 3.63) is 23.8 Å². The minimum atomic E-state index is 0.236. The number of nitrogens with two attached hydrogens (primary N) is 1. The van der Waals surface area contributed by atoms with Crippen LogP contribution >= 0.6 is 24.0 Å². The van der Waals surface area contributed by atoms with E-state index in [1.807, 2.05) is 19.1 Å². The van der Waals surface area contributed by atoms with Crippen molar-refractivity contribution in [2.45, 2.75) is 38.6 Å². The smallest absolute Gasteiger partial charge is 0.107 e. The van der Waals surface area contributed by atoms with Crippen LogP contribution in [0.15, 0.2) is 23.1 Å².